The molecule has 2 atom stereocenters. The van der Waals surface area contributed by atoms with E-state index in [0.29, 0.717) is 12.8 Å². The highest BCUT2D eigenvalue weighted by atomic mass is 16.4. The Bertz CT molecular complexity index is 391. The number of aliphatic hydroxyl groups is 1. The third-order valence-electron chi connectivity index (χ3n) is 3.46. The van der Waals surface area contributed by atoms with Crippen molar-refractivity contribution in [3.05, 3.63) is 35.5 Å². The van der Waals surface area contributed by atoms with Crippen LogP contribution in [0.4, 0.5) is 0 Å². The number of carbonyl (C=O) groups excluding carboxylic acids is 1. The molecule has 0 unspecified atom stereocenters. The third kappa shape index (κ3) is 4.15. The molecular weight excluding hydrogens is 228 g/mol. The van der Waals surface area contributed by atoms with Crippen LogP contribution in [-0.4, -0.2) is 17.2 Å². The van der Waals surface area contributed by atoms with Crippen LogP contribution in [0.2, 0.25) is 0 Å². The number of carboxylic acids is 1. The average molecular weight is 249 g/mol. The molecule has 0 spiro atoms. The summed E-state index contributed by atoms with van der Waals surface area (Å²) in [6, 6.07) is 0. The largest absolute Gasteiger partial charge is 0.545 e. The number of hydrogen-bond acceptors (Lipinski definition) is 3. The van der Waals surface area contributed by atoms with E-state index in [1.54, 1.807) is 0 Å². The molecule has 100 valence electrons. The van der Waals surface area contributed by atoms with Gasteiger partial charge in [-0.3, -0.25) is 0 Å². The van der Waals surface area contributed by atoms with Crippen molar-refractivity contribution in [2.75, 3.05) is 0 Å². The molecule has 0 aromatic heterocycles. The fraction of sp³-hybridized carbons (Fsp3) is 0.533. The normalized spacial score (nSPS) is 31.7. The van der Waals surface area contributed by atoms with Crippen LogP contribution in [0.3, 0.4) is 0 Å². The first-order chi connectivity index (χ1) is 8.41. The number of aliphatic carboxylic acids is 1. The van der Waals surface area contributed by atoms with Gasteiger partial charge in [-0.15, -0.1) is 0 Å². The molecule has 3 heteroatoms. The highest BCUT2D eigenvalue weighted by Gasteiger charge is 2.22. The van der Waals surface area contributed by atoms with Gasteiger partial charge in [0.15, 0.2) is 0 Å². The number of aliphatic hydroxyl groups excluding tert-OH is 1. The number of carbonyl (C=O) groups is 1. The summed E-state index contributed by atoms with van der Waals surface area (Å²) in [4.78, 5) is 10.9. The Morgan fingerprint density at radius 1 is 1.39 bits per heavy atom. The predicted octanol–water partition coefficient (Wildman–Crippen LogP) is 1.74. The lowest BCUT2D eigenvalue weighted by Gasteiger charge is -2.26. The van der Waals surface area contributed by atoms with E-state index in [4.69, 9.17) is 0 Å². The van der Waals surface area contributed by atoms with Gasteiger partial charge in [-0.2, -0.15) is 0 Å². The minimum absolute atomic E-state index is 0.0140. The van der Waals surface area contributed by atoms with Crippen molar-refractivity contribution in [1.29, 1.82) is 0 Å². The number of rotatable bonds is 2. The molecule has 1 N–H and O–H groups in total. The van der Waals surface area contributed by atoms with Crippen molar-refractivity contribution in [2.24, 2.45) is 5.92 Å². The Morgan fingerprint density at radius 2 is 2.06 bits per heavy atom. The van der Waals surface area contributed by atoms with Gasteiger partial charge in [0.25, 0.3) is 0 Å². The highest BCUT2D eigenvalue weighted by molar-refractivity contribution is 5.84. The Hall–Kier alpha value is -1.35. The fourth-order valence-electron chi connectivity index (χ4n) is 2.21. The van der Waals surface area contributed by atoms with E-state index < -0.39 is 18.0 Å². The van der Waals surface area contributed by atoms with Crippen LogP contribution in [0.25, 0.3) is 0 Å². The van der Waals surface area contributed by atoms with Crippen LogP contribution >= 0.6 is 0 Å². The summed E-state index contributed by atoms with van der Waals surface area (Å²) in [6.45, 7) is 7.52. The van der Waals surface area contributed by atoms with Crippen molar-refractivity contribution in [1.82, 2.24) is 0 Å². The second-order valence-corrected chi connectivity index (χ2v) is 5.07. The van der Waals surface area contributed by atoms with Crippen molar-refractivity contribution in [3.8, 4) is 0 Å². The summed E-state index contributed by atoms with van der Waals surface area (Å²) >= 11 is 0. The van der Waals surface area contributed by atoms with Crippen LogP contribution in [-0.2, 0) is 4.79 Å². The van der Waals surface area contributed by atoms with E-state index in [2.05, 4.69) is 12.7 Å². The van der Waals surface area contributed by atoms with Crippen molar-refractivity contribution in [3.63, 3.8) is 0 Å². The van der Waals surface area contributed by atoms with Crippen molar-refractivity contribution < 1.29 is 15.0 Å². The van der Waals surface area contributed by atoms with Gasteiger partial charge in [0, 0.05) is 5.92 Å². The highest BCUT2D eigenvalue weighted by Crippen LogP contribution is 2.26. The minimum atomic E-state index is -1.27. The second kappa shape index (κ2) is 6.55. The predicted molar refractivity (Wildman–Crippen MR) is 69.6 cm³/mol. The molecule has 0 aliphatic heterocycles. The number of allylic oxidation sites excluding steroid dienone is 3. The number of hydrogen-bond donors (Lipinski definition) is 1. The summed E-state index contributed by atoms with van der Waals surface area (Å²) in [5.74, 6) is -1.74. The van der Waals surface area contributed by atoms with E-state index in [-0.39, 0.29) is 5.57 Å². The van der Waals surface area contributed by atoms with Crippen molar-refractivity contribution in [2.45, 2.75) is 45.6 Å². The summed E-state index contributed by atoms with van der Waals surface area (Å²) in [6.07, 6.45) is 6.32. The Labute approximate surface area is 109 Å². The van der Waals surface area contributed by atoms with Gasteiger partial charge in [0.2, 0.25) is 0 Å². The molecule has 18 heavy (non-hydrogen) atoms. The zero-order valence-electron chi connectivity index (χ0n) is 11.1. The van der Waals surface area contributed by atoms with Gasteiger partial charge in [-0.25, -0.2) is 0 Å². The van der Waals surface area contributed by atoms with E-state index in [1.165, 1.54) is 5.57 Å². The molecule has 0 radical (unpaired) electrons. The topological polar surface area (TPSA) is 60.4 Å². The minimum Gasteiger partial charge on any atom is -0.545 e. The van der Waals surface area contributed by atoms with E-state index in [0.717, 1.165) is 18.4 Å². The first-order valence-corrected chi connectivity index (χ1v) is 6.31. The maximum absolute atomic E-state index is 10.9. The Balaban J connectivity index is 2.94. The lowest BCUT2D eigenvalue weighted by atomic mass is 9.86. The summed E-state index contributed by atoms with van der Waals surface area (Å²) in [5.41, 5.74) is 2.29. The average Bonchev–Trinajstić information content (AvgIpc) is 2.27. The zero-order chi connectivity index (χ0) is 13.7. The standard InChI is InChI=1S/C15H22O3/c1-10-5-4-6-11(2)9-14(16)13(8-7-10)12(3)15(17)18/h6-7,13-14,16H,3-5,8-9H2,1-2H3,(H,17,18)/p-1/b10-7+,11-6+/t13-,14-/m1/s1. The molecule has 0 amide bonds. The van der Waals surface area contributed by atoms with Gasteiger partial charge in [0.1, 0.15) is 0 Å². The Morgan fingerprint density at radius 3 is 2.67 bits per heavy atom. The van der Waals surface area contributed by atoms with E-state index in [1.807, 2.05) is 19.9 Å². The molecule has 0 heterocycles. The summed E-state index contributed by atoms with van der Waals surface area (Å²) < 4.78 is 0. The summed E-state index contributed by atoms with van der Waals surface area (Å²) in [7, 11) is 0. The van der Waals surface area contributed by atoms with E-state index in [9.17, 15) is 15.0 Å². The third-order valence-corrected chi connectivity index (χ3v) is 3.46. The van der Waals surface area contributed by atoms with Crippen LogP contribution in [0.1, 0.15) is 39.5 Å². The smallest absolute Gasteiger partial charge is 0.0672 e. The second-order valence-electron chi connectivity index (χ2n) is 5.07. The molecular formula is C15H21O3-. The molecule has 0 saturated heterocycles. The lowest BCUT2D eigenvalue weighted by Crippen LogP contribution is -2.33. The SMILES string of the molecule is C=C(C(=O)[O-])[C@H]1C/C=C(\C)CC/C=C(\C)C[C@H]1O. The van der Waals surface area contributed by atoms with Gasteiger partial charge in [-0.05, 0) is 45.1 Å². The maximum Gasteiger partial charge on any atom is 0.0672 e. The van der Waals surface area contributed by atoms with Gasteiger partial charge < -0.3 is 15.0 Å². The molecule has 1 rings (SSSR count). The van der Waals surface area contributed by atoms with Crippen LogP contribution in [0.15, 0.2) is 35.5 Å². The van der Waals surface area contributed by atoms with Crippen LogP contribution in [0.5, 0.6) is 0 Å². The molecule has 0 aromatic rings. The van der Waals surface area contributed by atoms with Crippen LogP contribution in [0, 0.1) is 5.92 Å². The lowest BCUT2D eigenvalue weighted by molar-refractivity contribution is -0.300. The molecule has 0 bridgehead atoms. The summed E-state index contributed by atoms with van der Waals surface area (Å²) in [5, 5.41) is 21.0. The van der Waals surface area contributed by atoms with E-state index >= 15 is 0 Å². The van der Waals surface area contributed by atoms with Crippen LogP contribution < -0.4 is 5.11 Å². The molecule has 0 saturated carbocycles. The maximum atomic E-state index is 10.9. The van der Waals surface area contributed by atoms with Crippen molar-refractivity contribution >= 4 is 5.97 Å². The monoisotopic (exact) mass is 249 g/mol. The van der Waals surface area contributed by atoms with Gasteiger partial charge in [-0.1, -0.05) is 29.9 Å². The fourth-order valence-corrected chi connectivity index (χ4v) is 2.21. The first kappa shape index (κ1) is 14.7. The van der Waals surface area contributed by atoms with Gasteiger partial charge in [0.05, 0.1) is 12.1 Å². The molecule has 1 aliphatic rings. The zero-order valence-corrected chi connectivity index (χ0v) is 11.1. The number of carboxylic acid groups (broad SMARTS) is 1. The first-order valence-electron chi connectivity index (χ1n) is 6.31. The molecule has 0 aromatic carbocycles. The Kier molecular flexibility index (Phi) is 5.35. The molecule has 0 fully saturated rings. The molecule has 1 aliphatic carbocycles. The molecule has 3 nitrogen and oxygen atoms in total. The van der Waals surface area contributed by atoms with Gasteiger partial charge >= 0.3 is 0 Å². The quantitative estimate of drug-likeness (QED) is 0.599.